The normalized spacial score (nSPS) is 25.8. The van der Waals surface area contributed by atoms with Gasteiger partial charge in [-0.15, -0.1) is 0 Å². The Morgan fingerprint density at radius 1 is 1.42 bits per heavy atom. The van der Waals surface area contributed by atoms with Crippen LogP contribution < -0.4 is 0 Å². The molecule has 1 amide bonds. The summed E-state index contributed by atoms with van der Waals surface area (Å²) in [6.45, 7) is 1.05. The molecule has 6 heteroatoms. The van der Waals surface area contributed by atoms with Gasteiger partial charge in [-0.3, -0.25) is 9.59 Å². The van der Waals surface area contributed by atoms with Gasteiger partial charge in [-0.25, -0.2) is 0 Å². The number of morpholine rings is 1. The van der Waals surface area contributed by atoms with Gasteiger partial charge in [0.15, 0.2) is 0 Å². The molecule has 0 unspecified atom stereocenters. The zero-order valence-electron chi connectivity index (χ0n) is 10.8. The summed E-state index contributed by atoms with van der Waals surface area (Å²) in [6, 6.07) is 2.18. The molecule has 1 atom stereocenters. The summed E-state index contributed by atoms with van der Waals surface area (Å²) in [5.41, 5.74) is -0.884. The highest BCUT2D eigenvalue weighted by molar-refractivity contribution is 5.86. The van der Waals surface area contributed by atoms with E-state index in [1.807, 2.05) is 0 Å². The van der Waals surface area contributed by atoms with Crippen molar-refractivity contribution in [3.63, 3.8) is 0 Å². The number of nitriles is 1. The molecule has 0 aromatic heterocycles. The number of hydrogen-bond donors (Lipinski definition) is 1. The van der Waals surface area contributed by atoms with Crippen molar-refractivity contribution in [3.8, 4) is 6.07 Å². The first-order valence-electron chi connectivity index (χ1n) is 6.61. The van der Waals surface area contributed by atoms with Crippen LogP contribution in [0.2, 0.25) is 0 Å². The highest BCUT2D eigenvalue weighted by Gasteiger charge is 2.45. The van der Waals surface area contributed by atoms with E-state index < -0.39 is 17.5 Å². The number of carbonyl (C=O) groups excluding carboxylic acids is 1. The van der Waals surface area contributed by atoms with Gasteiger partial charge in [0, 0.05) is 13.1 Å². The Morgan fingerprint density at radius 2 is 2.11 bits per heavy atom. The average molecular weight is 266 g/mol. The van der Waals surface area contributed by atoms with Crippen LogP contribution in [0.25, 0.3) is 0 Å². The monoisotopic (exact) mass is 266 g/mol. The summed E-state index contributed by atoms with van der Waals surface area (Å²) in [4.78, 5) is 24.8. The maximum atomic E-state index is 12.5. The molecule has 1 saturated carbocycles. The van der Waals surface area contributed by atoms with E-state index in [0.29, 0.717) is 26.0 Å². The minimum Gasteiger partial charge on any atom is -0.481 e. The van der Waals surface area contributed by atoms with Crippen LogP contribution in [0, 0.1) is 16.7 Å². The van der Waals surface area contributed by atoms with Crippen molar-refractivity contribution in [1.29, 1.82) is 5.26 Å². The first-order chi connectivity index (χ1) is 9.07. The largest absolute Gasteiger partial charge is 0.481 e. The average Bonchev–Trinajstić information content (AvgIpc) is 2.87. The Morgan fingerprint density at radius 3 is 2.68 bits per heavy atom. The Bertz CT molecular complexity index is 409. The van der Waals surface area contributed by atoms with Crippen LogP contribution in [0.5, 0.6) is 0 Å². The Labute approximate surface area is 111 Å². The first kappa shape index (κ1) is 13.8. The molecule has 1 N–H and O–H groups in total. The van der Waals surface area contributed by atoms with Crippen molar-refractivity contribution in [3.05, 3.63) is 0 Å². The predicted molar refractivity (Wildman–Crippen MR) is 65.1 cm³/mol. The van der Waals surface area contributed by atoms with E-state index in [4.69, 9.17) is 9.84 Å². The molecule has 0 spiro atoms. The number of carboxylic acids is 1. The van der Waals surface area contributed by atoms with Gasteiger partial charge < -0.3 is 14.7 Å². The second-order valence-corrected chi connectivity index (χ2v) is 5.24. The molecule has 0 aromatic carbocycles. The van der Waals surface area contributed by atoms with Crippen molar-refractivity contribution >= 4 is 11.9 Å². The number of hydrogen-bond acceptors (Lipinski definition) is 4. The number of rotatable bonds is 3. The van der Waals surface area contributed by atoms with Crippen LogP contribution in [0.1, 0.15) is 32.1 Å². The number of nitrogens with zero attached hydrogens (tertiary/aromatic N) is 2. The third kappa shape index (κ3) is 2.87. The van der Waals surface area contributed by atoms with E-state index in [1.54, 1.807) is 4.90 Å². The molecular weight excluding hydrogens is 248 g/mol. The molecule has 2 rings (SSSR count). The van der Waals surface area contributed by atoms with Crippen molar-refractivity contribution < 1.29 is 19.4 Å². The van der Waals surface area contributed by atoms with Crippen LogP contribution in [0.4, 0.5) is 0 Å². The molecule has 2 fully saturated rings. The highest BCUT2D eigenvalue weighted by Crippen LogP contribution is 2.39. The maximum Gasteiger partial charge on any atom is 0.306 e. The zero-order chi connectivity index (χ0) is 13.9. The summed E-state index contributed by atoms with van der Waals surface area (Å²) < 4.78 is 5.34. The second kappa shape index (κ2) is 5.57. The predicted octanol–water partition coefficient (Wildman–Crippen LogP) is 0.772. The van der Waals surface area contributed by atoms with E-state index in [1.165, 1.54) is 0 Å². The third-order valence-electron chi connectivity index (χ3n) is 3.91. The Hall–Kier alpha value is -1.61. The number of aliphatic carboxylic acids is 1. The molecule has 1 heterocycles. The standard InChI is InChI=1S/C13H18N2O4/c14-9-13(3-1-2-4-13)12(18)15-5-6-19-10(8-15)7-11(16)17/h10H,1-8H2,(H,16,17)/t10-/m0/s1. The molecule has 6 nitrogen and oxygen atoms in total. The van der Waals surface area contributed by atoms with Gasteiger partial charge in [0.25, 0.3) is 0 Å². The number of carboxylic acid groups (broad SMARTS) is 1. The summed E-state index contributed by atoms with van der Waals surface area (Å²) in [5, 5.41) is 18.1. The maximum absolute atomic E-state index is 12.5. The van der Waals surface area contributed by atoms with Crippen LogP contribution >= 0.6 is 0 Å². The van der Waals surface area contributed by atoms with Crippen molar-refractivity contribution in [2.24, 2.45) is 5.41 Å². The van der Waals surface area contributed by atoms with Crippen molar-refractivity contribution in [2.45, 2.75) is 38.2 Å². The SMILES string of the molecule is N#CC1(C(=O)N2CCO[C@@H](CC(=O)O)C2)CCCC1. The minimum absolute atomic E-state index is 0.108. The number of ether oxygens (including phenoxy) is 1. The van der Waals surface area contributed by atoms with Gasteiger partial charge in [-0.05, 0) is 12.8 Å². The lowest BCUT2D eigenvalue weighted by Crippen LogP contribution is -2.51. The van der Waals surface area contributed by atoms with Gasteiger partial charge >= 0.3 is 5.97 Å². The molecule has 0 aromatic rings. The summed E-state index contributed by atoms with van der Waals surface area (Å²) in [6.07, 6.45) is 2.47. The van der Waals surface area contributed by atoms with Crippen LogP contribution in [-0.4, -0.2) is 47.7 Å². The van der Waals surface area contributed by atoms with Crippen LogP contribution in [-0.2, 0) is 14.3 Å². The molecule has 1 aliphatic heterocycles. The quantitative estimate of drug-likeness (QED) is 0.814. The van der Waals surface area contributed by atoms with E-state index in [2.05, 4.69) is 6.07 Å². The summed E-state index contributed by atoms with van der Waals surface area (Å²) >= 11 is 0. The number of carbonyl (C=O) groups is 2. The second-order valence-electron chi connectivity index (χ2n) is 5.24. The fourth-order valence-electron chi connectivity index (χ4n) is 2.88. The van der Waals surface area contributed by atoms with E-state index in [0.717, 1.165) is 12.8 Å². The smallest absolute Gasteiger partial charge is 0.306 e. The molecule has 1 saturated heterocycles. The lowest BCUT2D eigenvalue weighted by molar-refractivity contribution is -0.151. The molecule has 2 aliphatic rings. The number of amides is 1. The van der Waals surface area contributed by atoms with E-state index in [-0.39, 0.29) is 18.9 Å². The molecular formula is C13H18N2O4. The van der Waals surface area contributed by atoms with Crippen LogP contribution in [0.3, 0.4) is 0 Å². The fraction of sp³-hybridized carbons (Fsp3) is 0.769. The molecule has 0 radical (unpaired) electrons. The lowest BCUT2D eigenvalue weighted by atomic mass is 9.86. The topological polar surface area (TPSA) is 90.6 Å². The first-order valence-corrected chi connectivity index (χ1v) is 6.61. The lowest BCUT2D eigenvalue weighted by Gasteiger charge is -2.36. The molecule has 104 valence electrons. The Balaban J connectivity index is 2.03. The van der Waals surface area contributed by atoms with Crippen molar-refractivity contribution in [2.75, 3.05) is 19.7 Å². The third-order valence-corrected chi connectivity index (χ3v) is 3.91. The zero-order valence-corrected chi connectivity index (χ0v) is 10.8. The molecule has 1 aliphatic carbocycles. The van der Waals surface area contributed by atoms with Crippen molar-refractivity contribution in [1.82, 2.24) is 4.90 Å². The molecule has 19 heavy (non-hydrogen) atoms. The van der Waals surface area contributed by atoms with Gasteiger partial charge in [0.1, 0.15) is 5.41 Å². The van der Waals surface area contributed by atoms with E-state index in [9.17, 15) is 14.9 Å². The van der Waals surface area contributed by atoms with E-state index >= 15 is 0 Å². The highest BCUT2D eigenvalue weighted by atomic mass is 16.5. The van der Waals surface area contributed by atoms with Gasteiger partial charge in [-0.2, -0.15) is 5.26 Å². The van der Waals surface area contributed by atoms with Gasteiger partial charge in [0.05, 0.1) is 25.2 Å². The minimum atomic E-state index is -0.935. The molecule has 0 bridgehead atoms. The van der Waals surface area contributed by atoms with Crippen LogP contribution in [0.15, 0.2) is 0 Å². The van der Waals surface area contributed by atoms with Gasteiger partial charge in [-0.1, -0.05) is 12.8 Å². The Kier molecular flexibility index (Phi) is 4.05. The summed E-state index contributed by atoms with van der Waals surface area (Å²) in [7, 11) is 0. The fourth-order valence-corrected chi connectivity index (χ4v) is 2.88. The van der Waals surface area contributed by atoms with Gasteiger partial charge in [0.2, 0.25) is 5.91 Å². The summed E-state index contributed by atoms with van der Waals surface area (Å²) in [5.74, 6) is -1.08.